The van der Waals surface area contributed by atoms with Gasteiger partial charge in [-0.3, -0.25) is 0 Å². The maximum absolute atomic E-state index is 9.80. The molecule has 5 heteroatoms. The van der Waals surface area contributed by atoms with Crippen LogP contribution in [0.1, 0.15) is 5.56 Å². The molecule has 0 radical (unpaired) electrons. The lowest BCUT2D eigenvalue weighted by molar-refractivity contribution is 0.395. The Bertz CT molecular complexity index is 518. The fourth-order valence-corrected chi connectivity index (χ4v) is 1.74. The Labute approximate surface area is 92.3 Å². The highest BCUT2D eigenvalue weighted by Gasteiger charge is 2.23. The molecule has 0 aromatic heterocycles. The maximum atomic E-state index is 9.80. The van der Waals surface area contributed by atoms with Crippen molar-refractivity contribution in [2.45, 2.75) is 0 Å². The van der Waals surface area contributed by atoms with Gasteiger partial charge in [-0.05, 0) is 24.3 Å². The van der Waals surface area contributed by atoms with Crippen LogP contribution in [0, 0.1) is 0 Å². The second kappa shape index (κ2) is 3.39. The molecule has 5 nitrogen and oxygen atoms in total. The van der Waals surface area contributed by atoms with Crippen LogP contribution < -0.4 is 11.1 Å². The first-order valence-corrected chi connectivity index (χ1v) is 4.91. The molecular weight excluding hydrogens is 204 g/mol. The number of aromatic hydroxyl groups is 1. The van der Waals surface area contributed by atoms with Gasteiger partial charge >= 0.3 is 0 Å². The molecule has 2 aliphatic heterocycles. The van der Waals surface area contributed by atoms with Gasteiger partial charge in [0.25, 0.3) is 0 Å². The summed E-state index contributed by atoms with van der Waals surface area (Å²) in [6.45, 7) is 0. The van der Waals surface area contributed by atoms with Gasteiger partial charge in [0, 0.05) is 5.56 Å². The van der Waals surface area contributed by atoms with Gasteiger partial charge in [0.05, 0.1) is 5.70 Å². The molecule has 80 valence electrons. The quantitative estimate of drug-likeness (QED) is 0.651. The summed E-state index contributed by atoms with van der Waals surface area (Å²) in [5, 5.41) is 15.6. The van der Waals surface area contributed by atoms with E-state index in [4.69, 9.17) is 0 Å². The number of hydrogen-bond acceptors (Lipinski definition) is 5. The van der Waals surface area contributed by atoms with Crippen LogP contribution in [0.15, 0.2) is 47.6 Å². The number of hydrazone groups is 1. The smallest absolute Gasteiger partial charge is 0.170 e. The normalized spacial score (nSPS) is 17.6. The van der Waals surface area contributed by atoms with E-state index in [-0.39, 0.29) is 5.75 Å². The number of benzene rings is 1. The summed E-state index contributed by atoms with van der Waals surface area (Å²) in [6.07, 6.45) is 5.68. The first-order valence-electron chi connectivity index (χ1n) is 4.91. The first kappa shape index (κ1) is 8.99. The van der Waals surface area contributed by atoms with Gasteiger partial charge in [-0.2, -0.15) is 0 Å². The number of nitrogens with zero attached hydrogens (tertiary/aromatic N) is 2. The zero-order valence-electron chi connectivity index (χ0n) is 8.38. The number of rotatable bonds is 1. The summed E-state index contributed by atoms with van der Waals surface area (Å²) in [5.41, 5.74) is 7.17. The molecule has 2 aliphatic rings. The Morgan fingerprint density at radius 2 is 2.12 bits per heavy atom. The number of hydrazine groups is 2. The Morgan fingerprint density at radius 3 is 3.00 bits per heavy atom. The van der Waals surface area contributed by atoms with Gasteiger partial charge in [0.15, 0.2) is 5.84 Å². The predicted octanol–water partition coefficient (Wildman–Crippen LogP) is 0.941. The van der Waals surface area contributed by atoms with Crippen molar-refractivity contribution in [1.29, 1.82) is 0 Å². The molecule has 0 fully saturated rings. The molecule has 1 aromatic rings. The average Bonchev–Trinajstić information content (AvgIpc) is 2.77. The van der Waals surface area contributed by atoms with Crippen LogP contribution in [0.3, 0.4) is 0 Å². The lowest BCUT2D eigenvalue weighted by Crippen LogP contribution is -2.39. The SMILES string of the molecule is Oc1ccccc1C1=CC=CC2=NNNN12. The van der Waals surface area contributed by atoms with Crippen LogP contribution >= 0.6 is 0 Å². The molecule has 0 aliphatic carbocycles. The average molecular weight is 214 g/mol. The van der Waals surface area contributed by atoms with E-state index in [0.29, 0.717) is 0 Å². The third-order valence-electron chi connectivity index (χ3n) is 2.48. The van der Waals surface area contributed by atoms with E-state index >= 15 is 0 Å². The molecule has 3 N–H and O–H groups in total. The highest BCUT2D eigenvalue weighted by molar-refractivity contribution is 6.01. The number of nitrogens with one attached hydrogen (secondary N) is 2. The van der Waals surface area contributed by atoms with Gasteiger partial charge in [0.2, 0.25) is 0 Å². The van der Waals surface area contributed by atoms with E-state index in [2.05, 4.69) is 16.2 Å². The Morgan fingerprint density at radius 1 is 1.25 bits per heavy atom. The Kier molecular flexibility index (Phi) is 1.91. The van der Waals surface area contributed by atoms with Crippen molar-refractivity contribution in [3.63, 3.8) is 0 Å². The summed E-state index contributed by atoms with van der Waals surface area (Å²) in [5.74, 6) is 1.01. The fourth-order valence-electron chi connectivity index (χ4n) is 1.74. The lowest BCUT2D eigenvalue weighted by atomic mass is 10.1. The summed E-state index contributed by atoms with van der Waals surface area (Å²) >= 11 is 0. The summed E-state index contributed by atoms with van der Waals surface area (Å²) in [6, 6.07) is 7.20. The zero-order chi connectivity index (χ0) is 11.0. The van der Waals surface area contributed by atoms with Crippen molar-refractivity contribution in [1.82, 2.24) is 16.1 Å². The molecule has 0 spiro atoms. The lowest BCUT2D eigenvalue weighted by Gasteiger charge is -2.23. The number of phenolic OH excluding ortho intramolecular Hbond substituents is 1. The number of fused-ring (bicyclic) bond motifs is 1. The topological polar surface area (TPSA) is 59.9 Å². The molecule has 0 saturated carbocycles. The number of para-hydroxylation sites is 1. The maximum Gasteiger partial charge on any atom is 0.170 e. The first-order chi connectivity index (χ1) is 7.86. The van der Waals surface area contributed by atoms with Crippen LogP contribution in [-0.2, 0) is 0 Å². The summed E-state index contributed by atoms with van der Waals surface area (Å²) in [7, 11) is 0. The Balaban J connectivity index is 2.08. The van der Waals surface area contributed by atoms with E-state index in [9.17, 15) is 5.11 Å². The molecule has 2 heterocycles. The van der Waals surface area contributed by atoms with E-state index in [0.717, 1.165) is 17.1 Å². The minimum absolute atomic E-state index is 0.247. The minimum Gasteiger partial charge on any atom is -0.507 e. The third-order valence-corrected chi connectivity index (χ3v) is 2.48. The number of amidine groups is 1. The van der Waals surface area contributed by atoms with E-state index < -0.39 is 0 Å². The van der Waals surface area contributed by atoms with E-state index in [1.54, 1.807) is 17.1 Å². The summed E-state index contributed by atoms with van der Waals surface area (Å²) in [4.78, 5) is 0. The van der Waals surface area contributed by atoms with Crippen molar-refractivity contribution < 1.29 is 5.11 Å². The molecule has 0 atom stereocenters. The molecule has 0 saturated heterocycles. The van der Waals surface area contributed by atoms with Crippen LogP contribution in [-0.4, -0.2) is 16.0 Å². The molecular formula is C11H10N4O. The predicted molar refractivity (Wildman–Crippen MR) is 60.8 cm³/mol. The molecule has 3 rings (SSSR count). The van der Waals surface area contributed by atoms with E-state index in [1.807, 2.05) is 30.4 Å². The van der Waals surface area contributed by atoms with Crippen molar-refractivity contribution >= 4 is 11.5 Å². The largest absolute Gasteiger partial charge is 0.507 e. The molecule has 0 bridgehead atoms. The van der Waals surface area contributed by atoms with E-state index in [1.165, 1.54) is 0 Å². The Hall–Kier alpha value is -2.27. The highest BCUT2D eigenvalue weighted by atomic mass is 16.3. The standard InChI is InChI=1S/C11H10N4O/c16-10-6-2-1-4-8(10)9-5-3-7-11-12-13-14-15(9)11/h1-7,13-14,16H. The minimum atomic E-state index is 0.247. The number of phenols is 1. The second-order valence-corrected chi connectivity index (χ2v) is 3.46. The van der Waals surface area contributed by atoms with Crippen molar-refractivity contribution in [2.75, 3.05) is 0 Å². The van der Waals surface area contributed by atoms with Crippen molar-refractivity contribution in [3.8, 4) is 5.75 Å². The fraction of sp³-hybridized carbons (Fsp3) is 0. The van der Waals surface area contributed by atoms with Gasteiger partial charge in [0.1, 0.15) is 5.75 Å². The van der Waals surface area contributed by atoms with Crippen LogP contribution in [0.4, 0.5) is 0 Å². The van der Waals surface area contributed by atoms with Crippen LogP contribution in [0.5, 0.6) is 5.75 Å². The number of hydrogen-bond donors (Lipinski definition) is 3. The number of allylic oxidation sites excluding steroid dienone is 2. The van der Waals surface area contributed by atoms with Gasteiger partial charge in [-0.1, -0.05) is 18.2 Å². The van der Waals surface area contributed by atoms with Gasteiger partial charge < -0.3 is 5.11 Å². The third kappa shape index (κ3) is 1.26. The zero-order valence-corrected chi connectivity index (χ0v) is 8.38. The van der Waals surface area contributed by atoms with Crippen LogP contribution in [0.2, 0.25) is 0 Å². The molecule has 1 aromatic carbocycles. The second-order valence-electron chi connectivity index (χ2n) is 3.46. The highest BCUT2D eigenvalue weighted by Crippen LogP contribution is 2.29. The van der Waals surface area contributed by atoms with Crippen molar-refractivity contribution in [3.05, 3.63) is 48.1 Å². The van der Waals surface area contributed by atoms with Crippen molar-refractivity contribution in [2.24, 2.45) is 5.10 Å². The molecule has 0 unspecified atom stereocenters. The van der Waals surface area contributed by atoms with Gasteiger partial charge in [-0.25, -0.2) is 10.5 Å². The van der Waals surface area contributed by atoms with Gasteiger partial charge in [-0.15, -0.1) is 10.6 Å². The monoisotopic (exact) mass is 214 g/mol. The molecule has 0 amide bonds. The molecule has 16 heavy (non-hydrogen) atoms. The van der Waals surface area contributed by atoms with Crippen LogP contribution in [0.25, 0.3) is 5.70 Å². The summed E-state index contributed by atoms with van der Waals surface area (Å²) < 4.78 is 0.